The largest absolute Gasteiger partial charge is 0.298 e. The molecule has 4 nitrogen and oxygen atoms in total. The fourth-order valence-electron chi connectivity index (χ4n) is 2.47. The van der Waals surface area contributed by atoms with Crippen molar-refractivity contribution in [3.63, 3.8) is 0 Å². The zero-order valence-electron chi connectivity index (χ0n) is 14.6. The first kappa shape index (κ1) is 19.6. The van der Waals surface area contributed by atoms with Crippen LogP contribution >= 0.6 is 57.4 Å². The number of hydrogen-bond donors (Lipinski definition) is 1. The average molecular weight is 464 g/mol. The van der Waals surface area contributed by atoms with E-state index in [1.54, 1.807) is 23.1 Å². The van der Waals surface area contributed by atoms with Crippen LogP contribution in [0.3, 0.4) is 0 Å². The summed E-state index contributed by atoms with van der Waals surface area (Å²) in [7, 11) is 0. The molecular weight excluding hydrogens is 450 g/mol. The standard InChI is InChI=1S/C19H14ClN3OS4/c1-11-21-12(8-25-11)9-26-15-5-3-2-4-13(15)18(24)23-19-22-14(10-27-19)16-6-7-17(20)28-16/h2-8,10H,9H2,1H3,(H,22,23,24). The lowest BCUT2D eigenvalue weighted by atomic mass is 10.2. The molecule has 0 atom stereocenters. The van der Waals surface area contributed by atoms with Crippen LogP contribution < -0.4 is 5.32 Å². The highest BCUT2D eigenvalue weighted by molar-refractivity contribution is 7.98. The summed E-state index contributed by atoms with van der Waals surface area (Å²) >= 11 is 12.1. The van der Waals surface area contributed by atoms with Crippen molar-refractivity contribution in [2.24, 2.45) is 0 Å². The first-order valence-electron chi connectivity index (χ1n) is 8.24. The summed E-state index contributed by atoms with van der Waals surface area (Å²) < 4.78 is 0.717. The molecule has 0 spiro atoms. The molecule has 0 bridgehead atoms. The molecule has 0 aliphatic rings. The first-order valence-corrected chi connectivity index (χ1v) is 12.2. The Morgan fingerprint density at radius 1 is 1.14 bits per heavy atom. The molecule has 0 fully saturated rings. The SMILES string of the molecule is Cc1nc(CSc2ccccc2C(=O)Nc2nc(-c3ccc(Cl)s3)cs2)cs1. The molecule has 28 heavy (non-hydrogen) atoms. The van der Waals surface area contributed by atoms with Crippen molar-refractivity contribution in [1.29, 1.82) is 0 Å². The normalized spacial score (nSPS) is 10.9. The minimum Gasteiger partial charge on any atom is -0.298 e. The number of rotatable bonds is 6. The molecule has 0 saturated carbocycles. The third kappa shape index (κ3) is 4.64. The molecule has 0 saturated heterocycles. The predicted molar refractivity (Wildman–Crippen MR) is 121 cm³/mol. The van der Waals surface area contributed by atoms with Crippen molar-refractivity contribution in [3.05, 3.63) is 67.8 Å². The van der Waals surface area contributed by atoms with Crippen LogP contribution in [-0.4, -0.2) is 15.9 Å². The van der Waals surface area contributed by atoms with E-state index in [9.17, 15) is 4.79 Å². The van der Waals surface area contributed by atoms with E-state index in [-0.39, 0.29) is 5.91 Å². The van der Waals surface area contributed by atoms with Crippen molar-refractivity contribution in [3.8, 4) is 10.6 Å². The number of anilines is 1. The number of nitrogens with one attached hydrogen (secondary N) is 1. The fraction of sp³-hybridized carbons (Fsp3) is 0.105. The summed E-state index contributed by atoms with van der Waals surface area (Å²) in [5, 5.41) is 8.50. The Labute approximate surface area is 183 Å². The van der Waals surface area contributed by atoms with Crippen LogP contribution in [-0.2, 0) is 5.75 Å². The lowest BCUT2D eigenvalue weighted by molar-refractivity contribution is 0.102. The van der Waals surface area contributed by atoms with Gasteiger partial charge >= 0.3 is 0 Å². The van der Waals surface area contributed by atoms with Crippen LogP contribution in [0.25, 0.3) is 10.6 Å². The van der Waals surface area contributed by atoms with Crippen LogP contribution in [0.1, 0.15) is 21.1 Å². The quantitative estimate of drug-likeness (QED) is 0.318. The van der Waals surface area contributed by atoms with Crippen molar-refractivity contribution in [2.75, 3.05) is 5.32 Å². The molecule has 3 heterocycles. The van der Waals surface area contributed by atoms with Gasteiger partial charge in [0.25, 0.3) is 5.91 Å². The number of thioether (sulfide) groups is 1. The van der Waals surface area contributed by atoms with E-state index >= 15 is 0 Å². The molecule has 0 unspecified atom stereocenters. The Hall–Kier alpha value is -1.71. The van der Waals surface area contributed by atoms with Gasteiger partial charge in [-0.1, -0.05) is 23.7 Å². The zero-order chi connectivity index (χ0) is 19.5. The molecule has 1 amide bonds. The number of halogens is 1. The van der Waals surface area contributed by atoms with Gasteiger partial charge in [0.2, 0.25) is 0 Å². The van der Waals surface area contributed by atoms with Gasteiger partial charge in [-0.3, -0.25) is 10.1 Å². The van der Waals surface area contributed by atoms with Crippen LogP contribution in [0.5, 0.6) is 0 Å². The third-order valence-corrected chi connectivity index (χ3v) is 7.66. The lowest BCUT2D eigenvalue weighted by Gasteiger charge is -2.08. The lowest BCUT2D eigenvalue weighted by Crippen LogP contribution is -2.12. The molecule has 0 radical (unpaired) electrons. The van der Waals surface area contributed by atoms with Gasteiger partial charge in [-0.2, -0.15) is 0 Å². The van der Waals surface area contributed by atoms with Crippen molar-refractivity contribution in [2.45, 2.75) is 17.6 Å². The van der Waals surface area contributed by atoms with E-state index in [1.807, 2.05) is 48.7 Å². The molecule has 4 rings (SSSR count). The highest BCUT2D eigenvalue weighted by Crippen LogP contribution is 2.33. The van der Waals surface area contributed by atoms with Crippen LogP contribution in [0.2, 0.25) is 4.34 Å². The maximum atomic E-state index is 12.8. The van der Waals surface area contributed by atoms with Gasteiger partial charge in [-0.25, -0.2) is 9.97 Å². The second kappa shape index (κ2) is 8.75. The third-order valence-electron chi connectivity index (χ3n) is 3.72. The van der Waals surface area contributed by atoms with E-state index in [0.29, 0.717) is 10.7 Å². The molecule has 1 N–H and O–H groups in total. The van der Waals surface area contributed by atoms with Crippen LogP contribution in [0.15, 0.2) is 52.1 Å². The summed E-state index contributed by atoms with van der Waals surface area (Å²) in [4.78, 5) is 23.7. The van der Waals surface area contributed by atoms with Crippen molar-refractivity contribution < 1.29 is 4.79 Å². The Balaban J connectivity index is 1.47. The van der Waals surface area contributed by atoms with E-state index in [4.69, 9.17) is 11.6 Å². The highest BCUT2D eigenvalue weighted by atomic mass is 35.5. The average Bonchev–Trinajstić information content (AvgIpc) is 3.42. The number of benzene rings is 1. The van der Waals surface area contributed by atoms with E-state index in [1.165, 1.54) is 22.7 Å². The predicted octanol–water partition coefficient (Wildman–Crippen LogP) is 6.83. The summed E-state index contributed by atoms with van der Waals surface area (Å²) in [6.45, 7) is 1.99. The number of hydrogen-bond acceptors (Lipinski definition) is 7. The second-order valence-electron chi connectivity index (χ2n) is 5.74. The van der Waals surface area contributed by atoms with Crippen LogP contribution in [0.4, 0.5) is 5.13 Å². The zero-order valence-corrected chi connectivity index (χ0v) is 18.7. The van der Waals surface area contributed by atoms with Gasteiger partial charge in [0.15, 0.2) is 5.13 Å². The summed E-state index contributed by atoms with van der Waals surface area (Å²) in [5.74, 6) is 0.567. The van der Waals surface area contributed by atoms with Crippen LogP contribution in [0, 0.1) is 6.92 Å². The number of aryl methyl sites for hydroxylation is 1. The van der Waals surface area contributed by atoms with E-state index in [0.717, 1.165) is 36.3 Å². The number of thiazole rings is 2. The Kier molecular flexibility index (Phi) is 6.13. The Morgan fingerprint density at radius 3 is 2.75 bits per heavy atom. The molecule has 3 aromatic heterocycles. The summed E-state index contributed by atoms with van der Waals surface area (Å²) in [6.07, 6.45) is 0. The number of thiophene rings is 1. The first-order chi connectivity index (χ1) is 13.6. The molecule has 0 aliphatic carbocycles. The maximum absolute atomic E-state index is 12.8. The summed E-state index contributed by atoms with van der Waals surface area (Å²) in [6, 6.07) is 11.4. The molecule has 9 heteroatoms. The minimum absolute atomic E-state index is 0.164. The maximum Gasteiger partial charge on any atom is 0.258 e. The fourth-order valence-corrected chi connectivity index (χ4v) is 5.91. The van der Waals surface area contributed by atoms with Gasteiger partial charge in [-0.05, 0) is 31.2 Å². The van der Waals surface area contributed by atoms with Gasteiger partial charge in [0.1, 0.15) is 0 Å². The van der Waals surface area contributed by atoms with Gasteiger partial charge < -0.3 is 0 Å². The second-order valence-corrected chi connectivity index (χ2v) is 10.4. The van der Waals surface area contributed by atoms with E-state index in [2.05, 4.69) is 20.7 Å². The molecule has 1 aromatic carbocycles. The van der Waals surface area contributed by atoms with Crippen molar-refractivity contribution in [1.82, 2.24) is 9.97 Å². The molecular formula is C19H14ClN3OS4. The number of aromatic nitrogens is 2. The van der Waals surface area contributed by atoms with Gasteiger partial charge in [0, 0.05) is 21.4 Å². The molecule has 142 valence electrons. The topological polar surface area (TPSA) is 54.9 Å². The van der Waals surface area contributed by atoms with Gasteiger partial charge in [-0.15, -0.1) is 45.8 Å². The Morgan fingerprint density at radius 2 is 2.00 bits per heavy atom. The number of nitrogens with zero attached hydrogens (tertiary/aromatic N) is 2. The number of carbonyl (C=O) groups is 1. The number of carbonyl (C=O) groups excluding carboxylic acids is 1. The highest BCUT2D eigenvalue weighted by Gasteiger charge is 2.15. The minimum atomic E-state index is -0.164. The Bertz CT molecular complexity index is 1120. The van der Waals surface area contributed by atoms with Crippen molar-refractivity contribution >= 4 is 68.4 Å². The number of amides is 1. The monoisotopic (exact) mass is 463 g/mol. The van der Waals surface area contributed by atoms with E-state index < -0.39 is 0 Å². The molecule has 0 aliphatic heterocycles. The smallest absolute Gasteiger partial charge is 0.258 e. The van der Waals surface area contributed by atoms with Gasteiger partial charge in [0.05, 0.1) is 31.2 Å². The molecule has 4 aromatic rings. The summed E-state index contributed by atoms with van der Waals surface area (Å²) in [5.41, 5.74) is 2.48.